The third-order valence-electron chi connectivity index (χ3n) is 3.80. The standard InChI is InChI=1S/C13H21N3O2/c1-10-6-11(2-4-17-10)16-9-15-7-12(16)13-8-14-3-5-18-13/h7,9-11,13-14H,2-6,8H2,1H3. The number of imidazole rings is 1. The lowest BCUT2D eigenvalue weighted by Gasteiger charge is -2.31. The van der Waals surface area contributed by atoms with Crippen molar-refractivity contribution in [3.8, 4) is 0 Å². The quantitative estimate of drug-likeness (QED) is 0.860. The van der Waals surface area contributed by atoms with E-state index in [1.807, 2.05) is 12.5 Å². The molecule has 0 amide bonds. The fraction of sp³-hybridized carbons (Fsp3) is 0.769. The van der Waals surface area contributed by atoms with Crippen LogP contribution < -0.4 is 5.32 Å². The third-order valence-corrected chi connectivity index (χ3v) is 3.80. The highest BCUT2D eigenvalue weighted by Crippen LogP contribution is 2.29. The highest BCUT2D eigenvalue weighted by Gasteiger charge is 2.26. The molecule has 0 saturated carbocycles. The number of rotatable bonds is 2. The summed E-state index contributed by atoms with van der Waals surface area (Å²) in [5.41, 5.74) is 1.20. The molecule has 1 aromatic heterocycles. The molecule has 0 radical (unpaired) electrons. The smallest absolute Gasteiger partial charge is 0.111 e. The molecule has 2 aliphatic heterocycles. The van der Waals surface area contributed by atoms with Gasteiger partial charge in [0, 0.05) is 25.7 Å². The van der Waals surface area contributed by atoms with Crippen LogP contribution in [0.2, 0.25) is 0 Å². The lowest BCUT2D eigenvalue weighted by molar-refractivity contribution is -0.00252. The molecule has 5 heteroatoms. The average Bonchev–Trinajstić information content (AvgIpc) is 2.89. The van der Waals surface area contributed by atoms with E-state index in [4.69, 9.17) is 9.47 Å². The van der Waals surface area contributed by atoms with Gasteiger partial charge in [-0.1, -0.05) is 0 Å². The molecule has 0 aliphatic carbocycles. The van der Waals surface area contributed by atoms with E-state index in [0.717, 1.165) is 39.1 Å². The molecule has 3 heterocycles. The fourth-order valence-corrected chi connectivity index (χ4v) is 2.85. The van der Waals surface area contributed by atoms with Crippen LogP contribution in [0.1, 0.15) is 37.6 Å². The largest absolute Gasteiger partial charge is 0.378 e. The highest BCUT2D eigenvalue weighted by molar-refractivity contribution is 5.07. The van der Waals surface area contributed by atoms with Crippen molar-refractivity contribution in [1.82, 2.24) is 14.9 Å². The van der Waals surface area contributed by atoms with Crippen LogP contribution in [0.15, 0.2) is 12.5 Å². The first-order chi connectivity index (χ1) is 8.84. The molecule has 2 saturated heterocycles. The molecule has 3 atom stereocenters. The summed E-state index contributed by atoms with van der Waals surface area (Å²) in [5, 5.41) is 3.37. The molecule has 1 aromatic rings. The summed E-state index contributed by atoms with van der Waals surface area (Å²) in [6.07, 6.45) is 6.48. The van der Waals surface area contributed by atoms with Crippen LogP contribution in [-0.4, -0.2) is 42.0 Å². The number of ether oxygens (including phenoxy) is 2. The minimum atomic E-state index is 0.138. The van der Waals surface area contributed by atoms with Gasteiger partial charge in [-0.15, -0.1) is 0 Å². The fourth-order valence-electron chi connectivity index (χ4n) is 2.85. The molecule has 1 N–H and O–H groups in total. The van der Waals surface area contributed by atoms with Gasteiger partial charge in [-0.25, -0.2) is 4.98 Å². The van der Waals surface area contributed by atoms with Crippen LogP contribution >= 0.6 is 0 Å². The second-order valence-corrected chi connectivity index (χ2v) is 5.15. The van der Waals surface area contributed by atoms with Crippen molar-refractivity contribution >= 4 is 0 Å². The number of hydrogen-bond donors (Lipinski definition) is 1. The van der Waals surface area contributed by atoms with Gasteiger partial charge in [0.25, 0.3) is 0 Å². The van der Waals surface area contributed by atoms with Crippen molar-refractivity contribution in [3.63, 3.8) is 0 Å². The first kappa shape index (κ1) is 12.1. The van der Waals surface area contributed by atoms with E-state index >= 15 is 0 Å². The molecular formula is C13H21N3O2. The predicted molar refractivity (Wildman–Crippen MR) is 67.5 cm³/mol. The molecule has 0 spiro atoms. The monoisotopic (exact) mass is 251 g/mol. The Morgan fingerprint density at radius 1 is 1.39 bits per heavy atom. The van der Waals surface area contributed by atoms with Gasteiger partial charge in [-0.3, -0.25) is 0 Å². The minimum Gasteiger partial charge on any atom is -0.378 e. The molecule has 0 aromatic carbocycles. The second kappa shape index (κ2) is 5.38. The Labute approximate surface area is 107 Å². The lowest BCUT2D eigenvalue weighted by Crippen LogP contribution is -2.35. The first-order valence-electron chi connectivity index (χ1n) is 6.80. The Morgan fingerprint density at radius 2 is 2.33 bits per heavy atom. The maximum absolute atomic E-state index is 5.83. The first-order valence-corrected chi connectivity index (χ1v) is 6.80. The van der Waals surface area contributed by atoms with Gasteiger partial charge in [0.1, 0.15) is 6.10 Å². The van der Waals surface area contributed by atoms with Crippen molar-refractivity contribution in [3.05, 3.63) is 18.2 Å². The molecular weight excluding hydrogens is 230 g/mol. The Bertz CT molecular complexity index is 387. The van der Waals surface area contributed by atoms with Gasteiger partial charge in [0.15, 0.2) is 0 Å². The van der Waals surface area contributed by atoms with Gasteiger partial charge in [0.05, 0.1) is 30.9 Å². The SMILES string of the molecule is CC1CC(n2cncc2C2CNCCO2)CCO1. The van der Waals surface area contributed by atoms with Crippen molar-refractivity contribution in [2.45, 2.75) is 38.0 Å². The maximum Gasteiger partial charge on any atom is 0.111 e. The van der Waals surface area contributed by atoms with Crippen LogP contribution in [-0.2, 0) is 9.47 Å². The van der Waals surface area contributed by atoms with Crippen LogP contribution in [0.5, 0.6) is 0 Å². The molecule has 100 valence electrons. The van der Waals surface area contributed by atoms with E-state index in [-0.39, 0.29) is 6.10 Å². The zero-order chi connectivity index (χ0) is 12.4. The molecule has 5 nitrogen and oxygen atoms in total. The predicted octanol–water partition coefficient (Wildman–Crippen LogP) is 1.28. The zero-order valence-corrected chi connectivity index (χ0v) is 10.8. The summed E-state index contributed by atoms with van der Waals surface area (Å²) < 4.78 is 13.7. The number of morpholine rings is 1. The topological polar surface area (TPSA) is 48.3 Å². The average molecular weight is 251 g/mol. The summed E-state index contributed by atoms with van der Waals surface area (Å²) in [4.78, 5) is 4.31. The summed E-state index contributed by atoms with van der Waals surface area (Å²) in [5.74, 6) is 0. The molecule has 2 aliphatic rings. The lowest BCUT2D eigenvalue weighted by atomic mass is 10.0. The van der Waals surface area contributed by atoms with Crippen LogP contribution in [0.4, 0.5) is 0 Å². The highest BCUT2D eigenvalue weighted by atomic mass is 16.5. The number of nitrogens with zero attached hydrogens (tertiary/aromatic N) is 2. The van der Waals surface area contributed by atoms with Crippen LogP contribution in [0.3, 0.4) is 0 Å². The summed E-state index contributed by atoms with van der Waals surface area (Å²) in [7, 11) is 0. The Kier molecular flexibility index (Phi) is 3.63. The summed E-state index contributed by atoms with van der Waals surface area (Å²) >= 11 is 0. The third kappa shape index (κ3) is 2.43. The zero-order valence-electron chi connectivity index (χ0n) is 10.8. The summed E-state index contributed by atoms with van der Waals surface area (Å²) in [6.45, 7) is 5.58. The Hall–Kier alpha value is -0.910. The number of nitrogens with one attached hydrogen (secondary N) is 1. The van der Waals surface area contributed by atoms with Gasteiger partial charge >= 0.3 is 0 Å². The van der Waals surface area contributed by atoms with Crippen molar-refractivity contribution in [1.29, 1.82) is 0 Å². The van der Waals surface area contributed by atoms with Crippen LogP contribution in [0, 0.1) is 0 Å². The summed E-state index contributed by atoms with van der Waals surface area (Å²) in [6, 6.07) is 0.497. The van der Waals surface area contributed by atoms with Gasteiger partial charge in [0.2, 0.25) is 0 Å². The van der Waals surface area contributed by atoms with E-state index in [1.54, 1.807) is 0 Å². The Balaban J connectivity index is 1.77. The van der Waals surface area contributed by atoms with E-state index in [0.29, 0.717) is 12.1 Å². The van der Waals surface area contributed by atoms with E-state index in [1.165, 1.54) is 5.69 Å². The maximum atomic E-state index is 5.83. The van der Waals surface area contributed by atoms with E-state index in [9.17, 15) is 0 Å². The van der Waals surface area contributed by atoms with Crippen molar-refractivity contribution < 1.29 is 9.47 Å². The van der Waals surface area contributed by atoms with Crippen molar-refractivity contribution in [2.75, 3.05) is 26.3 Å². The molecule has 0 bridgehead atoms. The van der Waals surface area contributed by atoms with Gasteiger partial charge in [-0.2, -0.15) is 0 Å². The normalized spacial score (nSPS) is 33.5. The molecule has 2 fully saturated rings. The number of hydrogen-bond acceptors (Lipinski definition) is 4. The molecule has 18 heavy (non-hydrogen) atoms. The molecule has 3 rings (SSSR count). The second-order valence-electron chi connectivity index (χ2n) is 5.15. The molecule has 3 unspecified atom stereocenters. The minimum absolute atomic E-state index is 0.138. The number of aromatic nitrogens is 2. The van der Waals surface area contributed by atoms with Crippen molar-refractivity contribution in [2.24, 2.45) is 0 Å². The van der Waals surface area contributed by atoms with E-state index in [2.05, 4.69) is 21.8 Å². The van der Waals surface area contributed by atoms with E-state index < -0.39 is 0 Å². The van der Waals surface area contributed by atoms with Gasteiger partial charge < -0.3 is 19.4 Å². The Morgan fingerprint density at radius 3 is 3.11 bits per heavy atom. The van der Waals surface area contributed by atoms with Crippen LogP contribution in [0.25, 0.3) is 0 Å². The van der Waals surface area contributed by atoms with Gasteiger partial charge in [-0.05, 0) is 19.8 Å².